The molecule has 0 atom stereocenters. The van der Waals surface area contributed by atoms with Crippen LogP contribution in [0.4, 0.5) is 5.95 Å². The zero-order valence-corrected chi connectivity index (χ0v) is 14.1. The molecule has 2 heterocycles. The van der Waals surface area contributed by atoms with Gasteiger partial charge < -0.3 is 10.6 Å². The lowest BCUT2D eigenvalue weighted by molar-refractivity contribution is -0.132. The topological polar surface area (TPSA) is 106 Å². The summed E-state index contributed by atoms with van der Waals surface area (Å²) in [6, 6.07) is 0. The van der Waals surface area contributed by atoms with Crippen molar-refractivity contribution < 1.29 is 9.59 Å². The molecule has 130 valence electrons. The van der Waals surface area contributed by atoms with Crippen LogP contribution in [-0.4, -0.2) is 51.1 Å². The van der Waals surface area contributed by atoms with E-state index in [9.17, 15) is 9.59 Å². The van der Waals surface area contributed by atoms with Gasteiger partial charge in [-0.1, -0.05) is 12.8 Å². The number of rotatable bonds is 6. The van der Waals surface area contributed by atoms with E-state index in [1.54, 1.807) is 0 Å². The highest BCUT2D eigenvalue weighted by atomic mass is 35.5. The summed E-state index contributed by atoms with van der Waals surface area (Å²) >= 11 is 0. The third-order valence-electron chi connectivity index (χ3n) is 3.65. The van der Waals surface area contributed by atoms with Gasteiger partial charge in [0.1, 0.15) is 12.9 Å². The molecular weight excluding hydrogens is 320 g/mol. The Labute approximate surface area is 142 Å². The highest BCUT2D eigenvalue weighted by Crippen LogP contribution is 2.10. The van der Waals surface area contributed by atoms with E-state index in [0.29, 0.717) is 19.4 Å². The molecule has 2 amide bonds. The van der Waals surface area contributed by atoms with E-state index in [0.717, 1.165) is 25.9 Å². The summed E-state index contributed by atoms with van der Waals surface area (Å²) in [5.41, 5.74) is 5.35. The number of aromatic nitrogens is 3. The summed E-state index contributed by atoms with van der Waals surface area (Å²) in [5, 5.41) is 6.71. The number of nitrogens with zero attached hydrogens (tertiary/aromatic N) is 4. The Balaban J connectivity index is 0.00000264. The number of hydrogen-bond acceptors (Lipinski definition) is 5. The number of likely N-dealkylation sites (tertiary alicyclic amines) is 1. The van der Waals surface area contributed by atoms with Crippen molar-refractivity contribution in [3.63, 3.8) is 0 Å². The van der Waals surface area contributed by atoms with Crippen LogP contribution in [-0.2, 0) is 16.1 Å². The molecule has 23 heavy (non-hydrogen) atoms. The van der Waals surface area contributed by atoms with Crippen LogP contribution in [0.15, 0.2) is 6.33 Å². The molecule has 1 aromatic heterocycles. The highest BCUT2D eigenvalue weighted by Gasteiger charge is 2.16. The summed E-state index contributed by atoms with van der Waals surface area (Å²) in [6.07, 6.45) is 6.93. The van der Waals surface area contributed by atoms with Crippen LogP contribution in [0.25, 0.3) is 0 Å². The Morgan fingerprint density at radius 1 is 1.22 bits per heavy atom. The largest absolute Gasteiger partial charge is 0.341 e. The van der Waals surface area contributed by atoms with Crippen LogP contribution in [0.5, 0.6) is 0 Å². The van der Waals surface area contributed by atoms with Crippen molar-refractivity contribution in [1.82, 2.24) is 19.7 Å². The lowest BCUT2D eigenvalue weighted by Crippen LogP contribution is -2.34. The van der Waals surface area contributed by atoms with Crippen LogP contribution >= 0.6 is 12.4 Å². The van der Waals surface area contributed by atoms with Gasteiger partial charge in [-0.2, -0.15) is 0 Å². The maximum absolute atomic E-state index is 12.2. The molecule has 0 spiro atoms. The molecule has 3 N–H and O–H groups in total. The third kappa shape index (κ3) is 6.54. The van der Waals surface area contributed by atoms with Gasteiger partial charge in [-0.25, -0.2) is 9.67 Å². The van der Waals surface area contributed by atoms with Gasteiger partial charge >= 0.3 is 0 Å². The van der Waals surface area contributed by atoms with Gasteiger partial charge in [0.2, 0.25) is 17.8 Å². The molecule has 0 unspecified atom stereocenters. The summed E-state index contributed by atoms with van der Waals surface area (Å²) in [6.45, 7) is 2.26. The van der Waals surface area contributed by atoms with Gasteiger partial charge in [0.25, 0.3) is 0 Å². The third-order valence-corrected chi connectivity index (χ3v) is 3.65. The SMILES string of the molecule is Cl.NCCCC(=O)Nc1ncn(CC(=O)N2CCCCCC2)n1. The van der Waals surface area contributed by atoms with Gasteiger partial charge in [-0.3, -0.25) is 14.9 Å². The highest BCUT2D eigenvalue weighted by molar-refractivity contribution is 5.88. The van der Waals surface area contributed by atoms with Gasteiger partial charge in [0, 0.05) is 19.5 Å². The zero-order valence-electron chi connectivity index (χ0n) is 13.2. The van der Waals surface area contributed by atoms with Crippen molar-refractivity contribution in [2.45, 2.75) is 45.1 Å². The zero-order chi connectivity index (χ0) is 15.8. The van der Waals surface area contributed by atoms with Crippen LogP contribution < -0.4 is 11.1 Å². The predicted molar refractivity (Wildman–Crippen MR) is 89.2 cm³/mol. The monoisotopic (exact) mass is 344 g/mol. The Kier molecular flexibility index (Phi) is 8.57. The van der Waals surface area contributed by atoms with Crippen LogP contribution in [0.1, 0.15) is 38.5 Å². The molecule has 2 rings (SSSR count). The molecule has 1 aliphatic heterocycles. The van der Waals surface area contributed by atoms with Crippen molar-refractivity contribution in [3.05, 3.63) is 6.33 Å². The number of nitrogens with one attached hydrogen (secondary N) is 1. The number of halogens is 1. The second-order valence-corrected chi connectivity index (χ2v) is 5.50. The molecule has 0 aliphatic carbocycles. The van der Waals surface area contributed by atoms with Crippen LogP contribution in [0, 0.1) is 0 Å². The molecular formula is C14H25ClN6O2. The first-order valence-electron chi connectivity index (χ1n) is 7.86. The number of amides is 2. The average molecular weight is 345 g/mol. The standard InChI is InChI=1S/C14H24N6O2.ClH/c15-7-5-6-12(21)17-14-16-11-20(18-14)10-13(22)19-8-3-1-2-4-9-19;/h11H,1-10,15H2,(H,17,18,21);1H. The second-order valence-electron chi connectivity index (χ2n) is 5.50. The summed E-state index contributed by atoms with van der Waals surface area (Å²) in [7, 11) is 0. The maximum atomic E-state index is 12.2. The molecule has 1 aromatic rings. The smallest absolute Gasteiger partial charge is 0.248 e. The van der Waals surface area contributed by atoms with E-state index < -0.39 is 0 Å². The van der Waals surface area contributed by atoms with E-state index in [-0.39, 0.29) is 36.7 Å². The molecule has 1 saturated heterocycles. The fraction of sp³-hybridized carbons (Fsp3) is 0.714. The first-order chi connectivity index (χ1) is 10.7. The maximum Gasteiger partial charge on any atom is 0.248 e. The van der Waals surface area contributed by atoms with E-state index in [1.807, 2.05) is 4.90 Å². The van der Waals surface area contributed by atoms with E-state index in [2.05, 4.69) is 15.4 Å². The number of hydrogen-bond donors (Lipinski definition) is 2. The normalized spacial score (nSPS) is 14.7. The summed E-state index contributed by atoms with van der Waals surface area (Å²) in [4.78, 5) is 29.7. The quantitative estimate of drug-likeness (QED) is 0.793. The minimum atomic E-state index is -0.165. The van der Waals surface area contributed by atoms with Crippen molar-refractivity contribution in [1.29, 1.82) is 0 Å². The fourth-order valence-electron chi connectivity index (χ4n) is 2.44. The second kappa shape index (κ2) is 10.2. The molecule has 0 aromatic carbocycles. The Morgan fingerprint density at radius 2 is 1.91 bits per heavy atom. The predicted octanol–water partition coefficient (Wildman–Crippen LogP) is 0.780. The fourth-order valence-corrected chi connectivity index (χ4v) is 2.44. The lowest BCUT2D eigenvalue weighted by atomic mass is 10.2. The lowest BCUT2D eigenvalue weighted by Gasteiger charge is -2.19. The van der Waals surface area contributed by atoms with Gasteiger partial charge in [0.05, 0.1) is 0 Å². The number of anilines is 1. The van der Waals surface area contributed by atoms with E-state index in [1.165, 1.54) is 23.9 Å². The van der Waals surface area contributed by atoms with E-state index in [4.69, 9.17) is 5.73 Å². The molecule has 0 bridgehead atoms. The number of carbonyl (C=O) groups is 2. The molecule has 0 saturated carbocycles. The van der Waals surface area contributed by atoms with Crippen molar-refractivity contribution >= 4 is 30.2 Å². The molecule has 0 radical (unpaired) electrons. The molecule has 8 nitrogen and oxygen atoms in total. The molecule has 1 aliphatic rings. The Bertz CT molecular complexity index is 499. The Morgan fingerprint density at radius 3 is 2.57 bits per heavy atom. The van der Waals surface area contributed by atoms with Gasteiger partial charge in [-0.15, -0.1) is 17.5 Å². The number of carbonyl (C=O) groups excluding carboxylic acids is 2. The molecule has 9 heteroatoms. The van der Waals surface area contributed by atoms with Crippen molar-refractivity contribution in [2.24, 2.45) is 5.73 Å². The van der Waals surface area contributed by atoms with Gasteiger partial charge in [-0.05, 0) is 25.8 Å². The number of nitrogens with two attached hydrogens (primary N) is 1. The minimum Gasteiger partial charge on any atom is -0.341 e. The molecule has 1 fully saturated rings. The average Bonchev–Trinajstić information content (AvgIpc) is 2.77. The van der Waals surface area contributed by atoms with Crippen molar-refractivity contribution in [3.8, 4) is 0 Å². The summed E-state index contributed by atoms with van der Waals surface area (Å²) in [5.74, 6) is 0.112. The minimum absolute atomic E-state index is 0. The summed E-state index contributed by atoms with van der Waals surface area (Å²) < 4.78 is 1.46. The first-order valence-corrected chi connectivity index (χ1v) is 7.86. The van der Waals surface area contributed by atoms with E-state index >= 15 is 0 Å². The van der Waals surface area contributed by atoms with Crippen molar-refractivity contribution in [2.75, 3.05) is 25.0 Å². The van der Waals surface area contributed by atoms with Crippen LogP contribution in [0.3, 0.4) is 0 Å². The first kappa shape index (κ1) is 19.4. The van der Waals surface area contributed by atoms with Crippen LogP contribution in [0.2, 0.25) is 0 Å². The van der Waals surface area contributed by atoms with Gasteiger partial charge in [0.15, 0.2) is 0 Å². The Hall–Kier alpha value is -1.67.